The molecule has 0 saturated carbocycles. The maximum absolute atomic E-state index is 13.5. The van der Waals surface area contributed by atoms with Crippen molar-refractivity contribution in [2.24, 2.45) is 17.3 Å². The third-order valence-corrected chi connectivity index (χ3v) is 6.71. The van der Waals surface area contributed by atoms with Crippen LogP contribution in [0.3, 0.4) is 0 Å². The number of rotatable bonds is 2. The normalized spacial score (nSPS) is 29.4. The standard InChI is InChI=1S/C24H24O4/c1-5-15-6-8-19-22(26)13(2)14(3)23(27)24(19,4)21(15)17-10-16-11-18(25)7-9-20(16)28-12-17/h5-7,9,11-12,19,21,25H,1,8,10H2,2-4H3. The minimum absolute atomic E-state index is 0.0228. The number of carbonyl (C=O) groups is 2. The molecule has 0 aromatic heterocycles. The lowest BCUT2D eigenvalue weighted by atomic mass is 9.52. The van der Waals surface area contributed by atoms with Crippen molar-refractivity contribution < 1.29 is 19.4 Å². The van der Waals surface area contributed by atoms with E-state index >= 15 is 0 Å². The zero-order valence-electron chi connectivity index (χ0n) is 16.4. The summed E-state index contributed by atoms with van der Waals surface area (Å²) in [5, 5.41) is 9.85. The van der Waals surface area contributed by atoms with Crippen LogP contribution in [0, 0.1) is 17.3 Å². The third kappa shape index (κ3) is 2.44. The lowest BCUT2D eigenvalue weighted by molar-refractivity contribution is -0.139. The lowest BCUT2D eigenvalue weighted by Crippen LogP contribution is -2.52. The fourth-order valence-corrected chi connectivity index (χ4v) is 5.04. The van der Waals surface area contributed by atoms with E-state index in [4.69, 9.17) is 4.74 Å². The number of phenolic OH excluding ortho intramolecular Hbond substituents is 1. The maximum atomic E-state index is 13.5. The third-order valence-electron chi connectivity index (χ3n) is 6.71. The van der Waals surface area contributed by atoms with Gasteiger partial charge in [-0.25, -0.2) is 0 Å². The summed E-state index contributed by atoms with van der Waals surface area (Å²) in [6, 6.07) is 5.01. The van der Waals surface area contributed by atoms with Crippen LogP contribution in [0.25, 0.3) is 0 Å². The molecular formula is C24H24O4. The molecule has 1 aliphatic heterocycles. The second-order valence-electron chi connectivity index (χ2n) is 8.14. The molecule has 1 N–H and O–H groups in total. The van der Waals surface area contributed by atoms with E-state index < -0.39 is 5.41 Å². The molecule has 0 saturated heterocycles. The van der Waals surface area contributed by atoms with E-state index in [0.717, 1.165) is 16.7 Å². The molecule has 0 radical (unpaired) electrons. The van der Waals surface area contributed by atoms with Gasteiger partial charge in [-0.3, -0.25) is 9.59 Å². The largest absolute Gasteiger partial charge is 0.508 e. The number of aromatic hydroxyl groups is 1. The van der Waals surface area contributed by atoms with Crippen LogP contribution < -0.4 is 4.74 Å². The van der Waals surface area contributed by atoms with Gasteiger partial charge in [0.25, 0.3) is 0 Å². The average molecular weight is 376 g/mol. The Morgan fingerprint density at radius 1 is 1.25 bits per heavy atom. The average Bonchev–Trinajstić information content (AvgIpc) is 2.69. The highest BCUT2D eigenvalue weighted by Gasteiger charge is 2.56. The van der Waals surface area contributed by atoms with Crippen molar-refractivity contribution in [1.29, 1.82) is 0 Å². The number of ether oxygens (including phenoxy) is 1. The number of Topliss-reactive ketones (excluding diaryl/α,β-unsaturated/α-hetero) is 2. The first-order valence-electron chi connectivity index (χ1n) is 9.55. The van der Waals surface area contributed by atoms with Crippen molar-refractivity contribution in [3.63, 3.8) is 0 Å². The van der Waals surface area contributed by atoms with E-state index in [-0.39, 0.29) is 29.2 Å². The molecule has 3 aliphatic rings. The molecule has 1 heterocycles. The molecular weight excluding hydrogens is 352 g/mol. The first-order valence-corrected chi connectivity index (χ1v) is 9.55. The number of fused-ring (bicyclic) bond motifs is 2. The second-order valence-corrected chi connectivity index (χ2v) is 8.14. The summed E-state index contributed by atoms with van der Waals surface area (Å²) in [5.74, 6) is 0.270. The summed E-state index contributed by atoms with van der Waals surface area (Å²) in [4.78, 5) is 26.5. The summed E-state index contributed by atoms with van der Waals surface area (Å²) in [6.45, 7) is 9.36. The van der Waals surface area contributed by atoms with Gasteiger partial charge in [-0.2, -0.15) is 0 Å². The maximum Gasteiger partial charge on any atom is 0.166 e. The molecule has 1 aromatic carbocycles. The molecule has 0 fully saturated rings. The van der Waals surface area contributed by atoms with Crippen molar-refractivity contribution in [1.82, 2.24) is 0 Å². The summed E-state index contributed by atoms with van der Waals surface area (Å²) in [5.41, 5.74) is 2.99. The van der Waals surface area contributed by atoms with Crippen LogP contribution in [0.2, 0.25) is 0 Å². The van der Waals surface area contributed by atoms with Gasteiger partial charge in [-0.1, -0.05) is 25.7 Å². The van der Waals surface area contributed by atoms with Crippen LogP contribution in [-0.2, 0) is 16.0 Å². The molecule has 4 rings (SSSR count). The Hall–Kier alpha value is -2.88. The topological polar surface area (TPSA) is 63.6 Å². The summed E-state index contributed by atoms with van der Waals surface area (Å²) in [7, 11) is 0. The van der Waals surface area contributed by atoms with Crippen molar-refractivity contribution in [2.45, 2.75) is 33.6 Å². The van der Waals surface area contributed by atoms with Gasteiger partial charge >= 0.3 is 0 Å². The highest BCUT2D eigenvalue weighted by atomic mass is 16.5. The smallest absolute Gasteiger partial charge is 0.166 e. The molecule has 4 heteroatoms. The Morgan fingerprint density at radius 3 is 2.71 bits per heavy atom. The van der Waals surface area contributed by atoms with Gasteiger partial charge in [0.15, 0.2) is 11.6 Å². The van der Waals surface area contributed by atoms with Gasteiger partial charge in [0.1, 0.15) is 11.5 Å². The number of hydrogen-bond donors (Lipinski definition) is 1. The van der Waals surface area contributed by atoms with Crippen LogP contribution >= 0.6 is 0 Å². The zero-order valence-corrected chi connectivity index (χ0v) is 16.4. The van der Waals surface area contributed by atoms with E-state index in [0.29, 0.717) is 29.7 Å². The van der Waals surface area contributed by atoms with Gasteiger partial charge in [0.05, 0.1) is 11.7 Å². The van der Waals surface area contributed by atoms with Crippen molar-refractivity contribution >= 4 is 11.6 Å². The number of ketones is 2. The zero-order chi connectivity index (χ0) is 20.2. The molecule has 144 valence electrons. The molecule has 3 unspecified atom stereocenters. The first kappa shape index (κ1) is 18.5. The summed E-state index contributed by atoms with van der Waals surface area (Å²) >= 11 is 0. The van der Waals surface area contributed by atoms with Crippen LogP contribution in [0.15, 0.2) is 65.5 Å². The predicted molar refractivity (Wildman–Crippen MR) is 107 cm³/mol. The number of hydrogen-bond acceptors (Lipinski definition) is 4. The van der Waals surface area contributed by atoms with Crippen molar-refractivity contribution in [3.8, 4) is 11.5 Å². The molecule has 0 spiro atoms. The Kier molecular flexibility index (Phi) is 4.18. The van der Waals surface area contributed by atoms with Crippen LogP contribution in [-0.4, -0.2) is 16.7 Å². The molecule has 2 aliphatic carbocycles. The minimum atomic E-state index is -0.873. The first-order chi connectivity index (χ1) is 13.3. The fraction of sp³-hybridized carbons (Fsp3) is 0.333. The highest BCUT2D eigenvalue weighted by Crippen LogP contribution is 2.55. The number of allylic oxidation sites excluding steroid dienone is 6. The second kappa shape index (κ2) is 6.33. The fourth-order valence-electron chi connectivity index (χ4n) is 5.04. The van der Waals surface area contributed by atoms with Crippen LogP contribution in [0.5, 0.6) is 11.5 Å². The number of phenols is 1. The quantitative estimate of drug-likeness (QED) is 0.828. The van der Waals surface area contributed by atoms with Crippen LogP contribution in [0.4, 0.5) is 0 Å². The number of benzene rings is 1. The van der Waals surface area contributed by atoms with Gasteiger partial charge in [-0.15, -0.1) is 0 Å². The van der Waals surface area contributed by atoms with Gasteiger partial charge < -0.3 is 9.84 Å². The van der Waals surface area contributed by atoms with Crippen LogP contribution in [0.1, 0.15) is 32.8 Å². The lowest BCUT2D eigenvalue weighted by Gasteiger charge is -2.49. The van der Waals surface area contributed by atoms with E-state index in [2.05, 4.69) is 6.58 Å². The van der Waals surface area contributed by atoms with E-state index in [1.165, 1.54) is 0 Å². The molecule has 1 aromatic rings. The van der Waals surface area contributed by atoms with E-state index in [1.54, 1.807) is 44.4 Å². The summed E-state index contributed by atoms with van der Waals surface area (Å²) in [6.07, 6.45) is 6.60. The van der Waals surface area contributed by atoms with Crippen molar-refractivity contribution in [3.05, 3.63) is 71.0 Å². The van der Waals surface area contributed by atoms with Gasteiger partial charge in [0, 0.05) is 23.8 Å². The number of carbonyl (C=O) groups excluding carboxylic acids is 2. The highest BCUT2D eigenvalue weighted by molar-refractivity contribution is 6.15. The van der Waals surface area contributed by atoms with Crippen molar-refractivity contribution in [2.75, 3.05) is 0 Å². The molecule has 4 nitrogen and oxygen atoms in total. The van der Waals surface area contributed by atoms with E-state index in [9.17, 15) is 14.7 Å². The monoisotopic (exact) mass is 376 g/mol. The molecule has 28 heavy (non-hydrogen) atoms. The Morgan fingerprint density at radius 2 is 2.00 bits per heavy atom. The molecule has 0 amide bonds. The SMILES string of the molecule is C=CC1=CCC2C(=O)C(C)=C(C)C(=O)C2(C)C1C1=COc2ccc(O)cc2C1. The summed E-state index contributed by atoms with van der Waals surface area (Å²) < 4.78 is 5.83. The minimum Gasteiger partial charge on any atom is -0.508 e. The Labute approximate surface area is 164 Å². The van der Waals surface area contributed by atoms with Gasteiger partial charge in [0.2, 0.25) is 0 Å². The predicted octanol–water partition coefficient (Wildman–Crippen LogP) is 4.45. The Bertz CT molecular complexity index is 1010. The molecule has 3 atom stereocenters. The Balaban J connectivity index is 1.84. The van der Waals surface area contributed by atoms with E-state index in [1.807, 2.05) is 13.0 Å². The van der Waals surface area contributed by atoms with Gasteiger partial charge in [-0.05, 0) is 60.8 Å². The molecule has 0 bridgehead atoms.